The van der Waals surface area contributed by atoms with Crippen LogP contribution in [0.2, 0.25) is 0 Å². The minimum Gasteiger partial charge on any atom is -0.344 e. The largest absolute Gasteiger partial charge is 0.344 e. The van der Waals surface area contributed by atoms with Crippen molar-refractivity contribution in [2.75, 3.05) is 38.6 Å². The van der Waals surface area contributed by atoms with E-state index < -0.39 is 0 Å². The van der Waals surface area contributed by atoms with Crippen molar-refractivity contribution in [3.05, 3.63) is 4.77 Å². The van der Waals surface area contributed by atoms with Crippen LogP contribution in [0.4, 0.5) is 5.95 Å². The maximum Gasteiger partial charge on any atom is 0.225 e. The molecular weight excluding hydrogens is 258 g/mol. The third kappa shape index (κ3) is 2.84. The highest BCUT2D eigenvalue weighted by molar-refractivity contribution is 7.71. The van der Waals surface area contributed by atoms with E-state index in [0.717, 1.165) is 23.2 Å². The van der Waals surface area contributed by atoms with Crippen LogP contribution in [-0.4, -0.2) is 53.4 Å². The molecule has 2 heterocycles. The van der Waals surface area contributed by atoms with E-state index in [1.54, 1.807) is 0 Å². The number of aromatic amines is 1. The van der Waals surface area contributed by atoms with E-state index in [1.165, 1.54) is 38.8 Å². The predicted molar refractivity (Wildman–Crippen MR) is 79.2 cm³/mol. The lowest BCUT2D eigenvalue weighted by Gasteiger charge is -2.32. The Morgan fingerprint density at radius 3 is 2.63 bits per heavy atom. The van der Waals surface area contributed by atoms with Gasteiger partial charge in [0.05, 0.1) is 0 Å². The van der Waals surface area contributed by atoms with Gasteiger partial charge in [0.25, 0.3) is 0 Å². The number of rotatable bonds is 4. The summed E-state index contributed by atoms with van der Waals surface area (Å²) in [6, 6.07) is 0.584. The molecule has 1 saturated heterocycles. The second-order valence-electron chi connectivity index (χ2n) is 6.06. The van der Waals surface area contributed by atoms with E-state index in [2.05, 4.69) is 38.7 Å². The minimum absolute atomic E-state index is 0.584. The van der Waals surface area contributed by atoms with Crippen LogP contribution in [0.3, 0.4) is 0 Å². The van der Waals surface area contributed by atoms with Gasteiger partial charge in [-0.15, -0.1) is 5.10 Å². The van der Waals surface area contributed by atoms with Crippen molar-refractivity contribution in [2.45, 2.75) is 31.7 Å². The van der Waals surface area contributed by atoms with E-state index in [-0.39, 0.29) is 0 Å². The van der Waals surface area contributed by atoms with E-state index in [9.17, 15) is 0 Å². The van der Waals surface area contributed by atoms with E-state index >= 15 is 0 Å². The van der Waals surface area contributed by atoms with Crippen LogP contribution < -0.4 is 4.90 Å². The molecule has 0 unspecified atom stereocenters. The van der Waals surface area contributed by atoms with Crippen molar-refractivity contribution in [3.8, 4) is 0 Å². The van der Waals surface area contributed by atoms with Crippen molar-refractivity contribution in [1.29, 1.82) is 0 Å². The number of nitrogens with zero attached hydrogens (tertiary/aromatic N) is 4. The van der Waals surface area contributed by atoms with Gasteiger partial charge in [-0.2, -0.15) is 0 Å². The van der Waals surface area contributed by atoms with Gasteiger partial charge < -0.3 is 9.80 Å². The highest BCUT2D eigenvalue weighted by Crippen LogP contribution is 2.37. The van der Waals surface area contributed by atoms with Gasteiger partial charge in [-0.05, 0) is 64.0 Å². The molecule has 0 amide bonds. The van der Waals surface area contributed by atoms with Crippen LogP contribution in [0.1, 0.15) is 31.7 Å². The van der Waals surface area contributed by atoms with E-state index in [0.29, 0.717) is 6.04 Å². The Morgan fingerprint density at radius 2 is 2.00 bits per heavy atom. The quantitative estimate of drug-likeness (QED) is 0.858. The molecule has 2 fully saturated rings. The van der Waals surface area contributed by atoms with Crippen molar-refractivity contribution >= 4 is 18.2 Å². The zero-order valence-corrected chi connectivity index (χ0v) is 12.6. The van der Waals surface area contributed by atoms with E-state index in [4.69, 9.17) is 12.2 Å². The van der Waals surface area contributed by atoms with Crippen molar-refractivity contribution in [2.24, 2.45) is 5.92 Å². The third-order valence-corrected chi connectivity index (χ3v) is 4.60. The maximum absolute atomic E-state index is 5.34. The molecule has 0 atom stereocenters. The first-order chi connectivity index (χ1) is 9.15. The zero-order valence-electron chi connectivity index (χ0n) is 11.8. The Kier molecular flexibility index (Phi) is 3.62. The second-order valence-corrected chi connectivity index (χ2v) is 6.44. The number of likely N-dealkylation sites (tertiary alicyclic amines) is 1. The van der Waals surface area contributed by atoms with Crippen LogP contribution in [0.5, 0.6) is 0 Å². The Morgan fingerprint density at radius 1 is 1.32 bits per heavy atom. The number of aromatic nitrogens is 3. The summed E-state index contributed by atoms with van der Waals surface area (Å²) in [6.07, 6.45) is 5.05. The lowest BCUT2D eigenvalue weighted by atomic mass is 9.97. The van der Waals surface area contributed by atoms with Gasteiger partial charge >= 0.3 is 0 Å². The van der Waals surface area contributed by atoms with Crippen LogP contribution in [-0.2, 0) is 0 Å². The lowest BCUT2D eigenvalue weighted by Crippen LogP contribution is -2.36. The molecule has 106 valence electrons. The number of piperidine rings is 1. The Hall–Kier alpha value is -0.880. The third-order valence-electron chi connectivity index (χ3n) is 4.31. The first-order valence-corrected chi connectivity index (χ1v) is 7.62. The highest BCUT2D eigenvalue weighted by Gasteiger charge is 2.29. The Bertz CT molecular complexity index is 481. The monoisotopic (exact) mass is 281 g/mol. The molecule has 5 nitrogen and oxygen atoms in total. The molecule has 1 saturated carbocycles. The van der Waals surface area contributed by atoms with Crippen LogP contribution in [0.25, 0.3) is 0 Å². The van der Waals surface area contributed by atoms with Crippen LogP contribution >= 0.6 is 12.2 Å². The van der Waals surface area contributed by atoms with Gasteiger partial charge in [0.15, 0.2) is 4.77 Å². The number of nitrogens with one attached hydrogen (secondary N) is 1. The molecule has 1 aromatic rings. The first kappa shape index (κ1) is 13.1. The normalized spacial score (nSPS) is 21.8. The highest BCUT2D eigenvalue weighted by atomic mass is 32.1. The summed E-state index contributed by atoms with van der Waals surface area (Å²) in [5.74, 6) is 1.80. The number of anilines is 1. The molecule has 1 aliphatic carbocycles. The molecule has 1 N–H and O–H groups in total. The summed E-state index contributed by atoms with van der Waals surface area (Å²) in [7, 11) is 4.35. The molecule has 1 aliphatic heterocycles. The summed E-state index contributed by atoms with van der Waals surface area (Å²) in [6.45, 7) is 3.52. The Labute approximate surface area is 119 Å². The molecule has 0 bridgehead atoms. The average Bonchev–Trinajstić information content (AvgIpc) is 3.15. The topological polar surface area (TPSA) is 40.1 Å². The molecule has 0 radical (unpaired) electrons. The maximum atomic E-state index is 5.34. The first-order valence-electron chi connectivity index (χ1n) is 7.21. The SMILES string of the molecule is CN1CCC(CN(C)c2n[nH]c(=S)n2C2CC2)CC1. The van der Waals surface area contributed by atoms with E-state index in [1.807, 2.05) is 0 Å². The molecule has 0 spiro atoms. The summed E-state index contributed by atoms with van der Waals surface area (Å²) in [4.78, 5) is 4.69. The van der Waals surface area contributed by atoms with Crippen molar-refractivity contribution in [3.63, 3.8) is 0 Å². The molecule has 3 rings (SSSR count). The molecule has 0 aromatic carbocycles. The molecule has 19 heavy (non-hydrogen) atoms. The molecular formula is C13H23N5S. The van der Waals surface area contributed by atoms with Gasteiger partial charge in [-0.3, -0.25) is 4.57 Å². The lowest BCUT2D eigenvalue weighted by molar-refractivity contribution is 0.222. The van der Waals surface area contributed by atoms with Gasteiger partial charge in [-0.25, -0.2) is 5.10 Å². The number of H-pyrrole nitrogens is 1. The average molecular weight is 281 g/mol. The fraction of sp³-hybridized carbons (Fsp3) is 0.846. The van der Waals surface area contributed by atoms with Gasteiger partial charge in [-0.1, -0.05) is 0 Å². The summed E-state index contributed by atoms with van der Waals surface area (Å²) < 4.78 is 2.97. The fourth-order valence-corrected chi connectivity index (χ4v) is 3.22. The van der Waals surface area contributed by atoms with Crippen molar-refractivity contribution in [1.82, 2.24) is 19.7 Å². The summed E-state index contributed by atoms with van der Waals surface area (Å²) >= 11 is 5.34. The van der Waals surface area contributed by atoms with Crippen LogP contribution in [0, 0.1) is 10.7 Å². The number of hydrogen-bond acceptors (Lipinski definition) is 4. The predicted octanol–water partition coefficient (Wildman–Crippen LogP) is 2.05. The number of hydrogen-bond donors (Lipinski definition) is 1. The van der Waals surface area contributed by atoms with Crippen molar-refractivity contribution < 1.29 is 0 Å². The van der Waals surface area contributed by atoms with Gasteiger partial charge in [0.2, 0.25) is 5.95 Å². The van der Waals surface area contributed by atoms with Crippen LogP contribution in [0.15, 0.2) is 0 Å². The van der Waals surface area contributed by atoms with Gasteiger partial charge in [0, 0.05) is 19.6 Å². The van der Waals surface area contributed by atoms with Gasteiger partial charge in [0.1, 0.15) is 0 Å². The molecule has 1 aromatic heterocycles. The Balaban J connectivity index is 1.67. The summed E-state index contributed by atoms with van der Waals surface area (Å²) in [5, 5.41) is 7.37. The second kappa shape index (κ2) is 5.25. The summed E-state index contributed by atoms with van der Waals surface area (Å²) in [5.41, 5.74) is 0. The smallest absolute Gasteiger partial charge is 0.225 e. The zero-order chi connectivity index (χ0) is 13.4. The molecule has 6 heteroatoms. The fourth-order valence-electron chi connectivity index (χ4n) is 2.94. The molecule has 2 aliphatic rings. The minimum atomic E-state index is 0.584. The standard InChI is InChI=1S/C13H23N5S/c1-16-7-5-10(6-8-16)9-17(2)12-14-15-13(19)18(12)11-3-4-11/h10-11H,3-9H2,1-2H3,(H,15,19).